The Morgan fingerprint density at radius 3 is 2.16 bits per heavy atom. The minimum Gasteiger partial charge on any atom is -0.383 e. The number of hydrogen-bond donors (Lipinski definition) is 4. The fourth-order valence-corrected chi connectivity index (χ4v) is 2.73. The third kappa shape index (κ3) is 9.69. The van der Waals surface area contributed by atoms with Crippen molar-refractivity contribution in [1.29, 1.82) is 0 Å². The fourth-order valence-electron chi connectivity index (χ4n) is 2.60. The Morgan fingerprint density at radius 1 is 1.09 bits per heavy atom. The first-order valence-corrected chi connectivity index (χ1v) is 10.5. The van der Waals surface area contributed by atoms with E-state index < -0.39 is 41.3 Å². The largest absolute Gasteiger partial charge is 0.383 e. The lowest BCUT2D eigenvalue weighted by atomic mass is 9.85. The van der Waals surface area contributed by atoms with Crippen LogP contribution in [0.2, 0.25) is 5.02 Å². The lowest BCUT2D eigenvalue weighted by Gasteiger charge is -2.33. The van der Waals surface area contributed by atoms with Crippen LogP contribution >= 0.6 is 11.6 Å². The Balaban J connectivity index is 2.69. The second-order valence-corrected chi connectivity index (χ2v) is 9.97. The van der Waals surface area contributed by atoms with Gasteiger partial charge in [0.1, 0.15) is 18.7 Å². The van der Waals surface area contributed by atoms with Crippen molar-refractivity contribution in [2.75, 3.05) is 6.54 Å². The van der Waals surface area contributed by atoms with Crippen molar-refractivity contribution in [2.45, 2.75) is 65.6 Å². The Morgan fingerprint density at radius 2 is 1.66 bits per heavy atom. The van der Waals surface area contributed by atoms with Crippen LogP contribution in [0.1, 0.15) is 53.5 Å². The number of carbonyl (C=O) groups excluding carboxylic acids is 3. The molecular formula is C23H32ClN3O5. The Bertz CT molecular complexity index is 876. The van der Waals surface area contributed by atoms with Crippen molar-refractivity contribution < 1.29 is 24.7 Å². The number of rotatable bonds is 6. The van der Waals surface area contributed by atoms with E-state index in [1.54, 1.807) is 45.0 Å². The van der Waals surface area contributed by atoms with Gasteiger partial charge in [-0.15, -0.1) is 0 Å². The van der Waals surface area contributed by atoms with E-state index in [2.05, 4.69) is 22.5 Å². The third-order valence-electron chi connectivity index (χ3n) is 4.16. The van der Waals surface area contributed by atoms with E-state index in [0.717, 1.165) is 0 Å². The lowest BCUT2D eigenvalue weighted by molar-refractivity contribution is -0.173. The molecule has 0 bridgehead atoms. The molecular weight excluding hydrogens is 434 g/mol. The topological polar surface area (TPSA) is 119 Å². The van der Waals surface area contributed by atoms with Crippen molar-refractivity contribution in [3.05, 3.63) is 34.9 Å². The van der Waals surface area contributed by atoms with Crippen molar-refractivity contribution in [3.8, 4) is 11.8 Å². The molecule has 0 saturated carbocycles. The summed E-state index contributed by atoms with van der Waals surface area (Å²) in [5, 5.41) is 26.1. The van der Waals surface area contributed by atoms with Gasteiger partial charge in [-0.3, -0.25) is 19.6 Å². The van der Waals surface area contributed by atoms with E-state index in [4.69, 9.17) is 11.6 Å². The second kappa shape index (κ2) is 11.3. The van der Waals surface area contributed by atoms with Crippen LogP contribution in [0.3, 0.4) is 0 Å². The number of nitrogens with one attached hydrogen (secondary N) is 2. The summed E-state index contributed by atoms with van der Waals surface area (Å²) in [6, 6.07) is 5.79. The molecule has 0 fully saturated rings. The number of aliphatic hydroxyl groups excluding tert-OH is 1. The number of hydrogen-bond acceptors (Lipinski definition) is 5. The highest BCUT2D eigenvalue weighted by Gasteiger charge is 2.35. The van der Waals surface area contributed by atoms with Crippen LogP contribution in [0, 0.1) is 17.3 Å². The summed E-state index contributed by atoms with van der Waals surface area (Å²) in [4.78, 5) is 37.1. The summed E-state index contributed by atoms with van der Waals surface area (Å²) in [5.74, 6) is 3.19. The van der Waals surface area contributed by atoms with Crippen LogP contribution in [-0.2, 0) is 14.4 Å². The average molecular weight is 466 g/mol. The molecule has 0 radical (unpaired) electrons. The van der Waals surface area contributed by atoms with Gasteiger partial charge < -0.3 is 15.7 Å². The third-order valence-corrected chi connectivity index (χ3v) is 4.41. The fraction of sp³-hybridized carbons (Fsp3) is 0.522. The lowest BCUT2D eigenvalue weighted by Crippen LogP contribution is -2.57. The quantitative estimate of drug-likeness (QED) is 0.291. The summed E-state index contributed by atoms with van der Waals surface area (Å²) >= 11 is 5.79. The standard InChI is InChI=1S/C23H32ClN3O5/c1-22(2,3)19(20(30)26-23(4,5)6)25-18(29)14-17(28)21(31)27(32)13-7-8-15-9-11-16(24)12-10-15/h9-12,17,19,28,32H,13-14H2,1-6H3,(H,25,29)(H,26,30). The summed E-state index contributed by atoms with van der Waals surface area (Å²) in [6.45, 7) is 10.5. The molecule has 0 spiro atoms. The number of hydroxylamine groups is 2. The number of aliphatic hydroxyl groups is 1. The molecule has 1 rings (SSSR count). The molecule has 3 amide bonds. The molecule has 2 unspecified atom stereocenters. The molecule has 8 nitrogen and oxygen atoms in total. The monoisotopic (exact) mass is 465 g/mol. The van der Waals surface area contributed by atoms with Crippen molar-refractivity contribution in [1.82, 2.24) is 15.7 Å². The minimum absolute atomic E-state index is 0.244. The second-order valence-electron chi connectivity index (χ2n) is 9.53. The summed E-state index contributed by atoms with van der Waals surface area (Å²) in [7, 11) is 0. The zero-order valence-corrected chi connectivity index (χ0v) is 20.1. The number of nitrogens with zero attached hydrogens (tertiary/aromatic N) is 1. The number of amides is 3. The van der Waals surface area contributed by atoms with Gasteiger partial charge in [-0.1, -0.05) is 44.2 Å². The van der Waals surface area contributed by atoms with Crippen LogP contribution in [0.15, 0.2) is 24.3 Å². The first kappa shape index (κ1) is 27.4. The smallest absolute Gasteiger partial charge is 0.276 e. The van der Waals surface area contributed by atoms with Gasteiger partial charge in [0.2, 0.25) is 11.8 Å². The predicted octanol–water partition coefficient (Wildman–Crippen LogP) is 2.11. The molecule has 1 aromatic carbocycles. The Kier molecular flexibility index (Phi) is 9.70. The van der Waals surface area contributed by atoms with Gasteiger partial charge in [0.25, 0.3) is 5.91 Å². The SMILES string of the molecule is CC(C)(C)NC(=O)C(NC(=O)CC(O)C(=O)N(O)CC#Cc1ccc(Cl)cc1)C(C)(C)C. The molecule has 9 heteroatoms. The van der Waals surface area contributed by atoms with Crippen LogP contribution in [0.25, 0.3) is 0 Å². The zero-order valence-electron chi connectivity index (χ0n) is 19.3. The minimum atomic E-state index is -1.79. The van der Waals surface area contributed by atoms with Crippen molar-refractivity contribution >= 4 is 29.3 Å². The van der Waals surface area contributed by atoms with Gasteiger partial charge >= 0.3 is 0 Å². The molecule has 176 valence electrons. The molecule has 2 atom stereocenters. The highest BCUT2D eigenvalue weighted by atomic mass is 35.5. The maximum Gasteiger partial charge on any atom is 0.276 e. The molecule has 4 N–H and O–H groups in total. The normalized spacial score (nSPS) is 13.3. The van der Waals surface area contributed by atoms with Gasteiger partial charge in [-0.05, 0) is 50.5 Å². The summed E-state index contributed by atoms with van der Waals surface area (Å²) < 4.78 is 0. The molecule has 0 aliphatic rings. The first-order valence-electron chi connectivity index (χ1n) is 10.1. The van der Waals surface area contributed by atoms with Gasteiger partial charge in [0.05, 0.1) is 6.42 Å². The highest BCUT2D eigenvalue weighted by Crippen LogP contribution is 2.20. The van der Waals surface area contributed by atoms with Crippen LogP contribution in [0.4, 0.5) is 0 Å². The molecule has 0 aromatic heterocycles. The summed E-state index contributed by atoms with van der Waals surface area (Å²) in [5.41, 5.74) is -0.470. The van der Waals surface area contributed by atoms with E-state index >= 15 is 0 Å². The molecule has 0 saturated heterocycles. The van der Waals surface area contributed by atoms with E-state index in [-0.39, 0.29) is 17.5 Å². The average Bonchev–Trinajstić information content (AvgIpc) is 2.64. The first-order chi connectivity index (χ1) is 14.6. The molecule has 0 aliphatic heterocycles. The number of carbonyl (C=O) groups is 3. The van der Waals surface area contributed by atoms with Gasteiger partial charge in [0.15, 0.2) is 0 Å². The molecule has 32 heavy (non-hydrogen) atoms. The molecule has 0 heterocycles. The van der Waals surface area contributed by atoms with Crippen LogP contribution in [-0.4, -0.2) is 57.3 Å². The van der Waals surface area contributed by atoms with E-state index in [0.29, 0.717) is 10.6 Å². The van der Waals surface area contributed by atoms with Crippen LogP contribution in [0.5, 0.6) is 0 Å². The van der Waals surface area contributed by atoms with Gasteiger partial charge in [0, 0.05) is 16.1 Å². The van der Waals surface area contributed by atoms with Crippen LogP contribution < -0.4 is 10.6 Å². The Labute approximate surface area is 194 Å². The van der Waals surface area contributed by atoms with E-state index in [1.165, 1.54) is 0 Å². The van der Waals surface area contributed by atoms with E-state index in [9.17, 15) is 24.7 Å². The summed E-state index contributed by atoms with van der Waals surface area (Å²) in [6.07, 6.45) is -2.40. The molecule has 0 aliphatic carbocycles. The number of benzene rings is 1. The maximum absolute atomic E-state index is 12.6. The predicted molar refractivity (Wildman–Crippen MR) is 122 cm³/mol. The zero-order chi connectivity index (χ0) is 24.7. The Hall–Kier alpha value is -2.60. The molecule has 1 aromatic rings. The van der Waals surface area contributed by atoms with Gasteiger partial charge in [-0.25, -0.2) is 5.06 Å². The van der Waals surface area contributed by atoms with Crippen molar-refractivity contribution in [2.24, 2.45) is 5.41 Å². The van der Waals surface area contributed by atoms with E-state index in [1.807, 2.05) is 20.8 Å². The van der Waals surface area contributed by atoms with Crippen molar-refractivity contribution in [3.63, 3.8) is 0 Å². The highest BCUT2D eigenvalue weighted by molar-refractivity contribution is 6.30. The maximum atomic E-state index is 12.6. The number of halogens is 1. The van der Waals surface area contributed by atoms with Gasteiger partial charge in [-0.2, -0.15) is 0 Å².